The first-order chi connectivity index (χ1) is 17.4. The van der Waals surface area contributed by atoms with Crippen LogP contribution >= 0.6 is 0 Å². The fraction of sp³-hybridized carbons (Fsp3) is 0.286. The highest BCUT2D eigenvalue weighted by Crippen LogP contribution is 2.42. The summed E-state index contributed by atoms with van der Waals surface area (Å²) in [6, 6.07) is 29.5. The summed E-state index contributed by atoms with van der Waals surface area (Å²) in [5.74, 6) is 2.09. The van der Waals surface area contributed by atoms with Gasteiger partial charge in [0.1, 0.15) is 5.69 Å². The molecule has 0 spiro atoms. The van der Waals surface area contributed by atoms with Gasteiger partial charge in [0.25, 0.3) is 5.82 Å². The maximum atomic E-state index is 2.58. The van der Waals surface area contributed by atoms with Gasteiger partial charge in [0.2, 0.25) is 0 Å². The number of hydrogen-bond donors (Lipinski definition) is 0. The topological polar surface area (TPSA) is 8.81 Å². The molecule has 188 valence electrons. The van der Waals surface area contributed by atoms with Gasteiger partial charge >= 0.3 is 0 Å². The number of aromatic nitrogens is 2. The molecule has 1 aliphatic carbocycles. The molecule has 0 atom stereocenters. The van der Waals surface area contributed by atoms with Gasteiger partial charge in [0.05, 0.1) is 12.6 Å². The standard InChI is InChI=1S/C34H35N2.CH4/c1-21(2)26-16-11-17-27(22(3)4)33(26)36-32-19-25-18-24-13-8-10-15-29(24)30(25)20-31(32)35(6)34(36)28-14-9-7-12-23(28)5;/h7-17,19-22H,18H2,1-6H3;1H4/q+1;. The third kappa shape index (κ3) is 3.82. The van der Waals surface area contributed by atoms with Crippen LogP contribution in [0.25, 0.3) is 39.2 Å². The number of imidazole rings is 1. The van der Waals surface area contributed by atoms with Crippen LogP contribution in [0.3, 0.4) is 0 Å². The number of fused-ring (bicyclic) bond motifs is 4. The number of benzene rings is 4. The molecular formula is C35H39N2+. The van der Waals surface area contributed by atoms with Crippen LogP contribution in [0.4, 0.5) is 0 Å². The number of nitrogens with zero attached hydrogens (tertiary/aromatic N) is 2. The second-order valence-electron chi connectivity index (χ2n) is 11.0. The van der Waals surface area contributed by atoms with Gasteiger partial charge in [-0.1, -0.05) is 95.8 Å². The molecule has 0 fully saturated rings. The first-order valence-electron chi connectivity index (χ1n) is 13.2. The lowest BCUT2D eigenvalue weighted by molar-refractivity contribution is -0.633. The van der Waals surface area contributed by atoms with Crippen molar-refractivity contribution in [1.29, 1.82) is 0 Å². The average Bonchev–Trinajstić information content (AvgIpc) is 3.36. The van der Waals surface area contributed by atoms with Crippen molar-refractivity contribution in [3.05, 3.63) is 107 Å². The van der Waals surface area contributed by atoms with E-state index >= 15 is 0 Å². The number of para-hydroxylation sites is 1. The van der Waals surface area contributed by atoms with Gasteiger partial charge in [-0.3, -0.25) is 0 Å². The first-order valence-corrected chi connectivity index (χ1v) is 13.2. The highest BCUT2D eigenvalue weighted by Gasteiger charge is 2.33. The van der Waals surface area contributed by atoms with Crippen LogP contribution in [0.2, 0.25) is 0 Å². The van der Waals surface area contributed by atoms with Crippen LogP contribution in [0.1, 0.15) is 74.8 Å². The normalized spacial score (nSPS) is 12.2. The molecule has 1 heterocycles. The summed E-state index contributed by atoms with van der Waals surface area (Å²) in [6.07, 6.45) is 0.999. The Kier molecular flexibility index (Phi) is 6.31. The minimum Gasteiger partial charge on any atom is -0.225 e. The lowest BCUT2D eigenvalue weighted by atomic mass is 9.92. The fourth-order valence-electron chi connectivity index (χ4n) is 6.11. The second-order valence-corrected chi connectivity index (χ2v) is 11.0. The molecule has 0 radical (unpaired) electrons. The third-order valence-corrected chi connectivity index (χ3v) is 7.97. The Morgan fingerprint density at radius 3 is 1.97 bits per heavy atom. The van der Waals surface area contributed by atoms with E-state index in [0.29, 0.717) is 11.8 Å². The van der Waals surface area contributed by atoms with Crippen LogP contribution in [0.15, 0.2) is 78.9 Å². The van der Waals surface area contributed by atoms with Gasteiger partial charge in [-0.05, 0) is 71.2 Å². The van der Waals surface area contributed by atoms with E-state index in [2.05, 4.69) is 130 Å². The quantitative estimate of drug-likeness (QED) is 0.220. The fourth-order valence-corrected chi connectivity index (χ4v) is 6.11. The van der Waals surface area contributed by atoms with Crippen LogP contribution in [0.5, 0.6) is 0 Å². The Bertz CT molecular complexity index is 1610. The second kappa shape index (κ2) is 9.34. The smallest absolute Gasteiger partial charge is 0.225 e. The van der Waals surface area contributed by atoms with E-state index in [0.717, 1.165) is 6.42 Å². The number of aryl methyl sites for hydroxylation is 2. The van der Waals surface area contributed by atoms with E-state index in [1.54, 1.807) is 0 Å². The number of hydrogen-bond acceptors (Lipinski definition) is 0. The molecule has 0 aliphatic heterocycles. The van der Waals surface area contributed by atoms with Crippen molar-refractivity contribution >= 4 is 11.0 Å². The van der Waals surface area contributed by atoms with Crippen molar-refractivity contribution in [3.8, 4) is 28.2 Å². The first kappa shape index (κ1) is 25.0. The summed E-state index contributed by atoms with van der Waals surface area (Å²) in [4.78, 5) is 0. The molecule has 6 rings (SSSR count). The van der Waals surface area contributed by atoms with Crippen LogP contribution < -0.4 is 4.57 Å². The molecule has 4 aromatic carbocycles. The van der Waals surface area contributed by atoms with Gasteiger partial charge in [-0.15, -0.1) is 0 Å². The third-order valence-electron chi connectivity index (χ3n) is 7.97. The molecule has 2 nitrogen and oxygen atoms in total. The minimum absolute atomic E-state index is 0. The molecule has 0 saturated carbocycles. The zero-order valence-corrected chi connectivity index (χ0v) is 22.3. The van der Waals surface area contributed by atoms with Crippen molar-refractivity contribution in [3.63, 3.8) is 0 Å². The summed E-state index contributed by atoms with van der Waals surface area (Å²) in [5, 5.41) is 0. The van der Waals surface area contributed by atoms with Gasteiger partial charge in [0.15, 0.2) is 11.0 Å². The molecule has 1 aromatic heterocycles. The minimum atomic E-state index is 0. The zero-order chi connectivity index (χ0) is 25.1. The lowest BCUT2D eigenvalue weighted by Crippen LogP contribution is -2.30. The van der Waals surface area contributed by atoms with Crippen LogP contribution in [0, 0.1) is 6.92 Å². The highest BCUT2D eigenvalue weighted by atomic mass is 15.2. The van der Waals surface area contributed by atoms with E-state index in [9.17, 15) is 0 Å². The van der Waals surface area contributed by atoms with Crippen LogP contribution in [-0.2, 0) is 13.5 Å². The maximum absolute atomic E-state index is 2.58. The summed E-state index contributed by atoms with van der Waals surface area (Å²) in [5.41, 5.74) is 14.9. The predicted octanol–water partition coefficient (Wildman–Crippen LogP) is 8.88. The molecule has 5 aromatic rings. The molecule has 0 amide bonds. The van der Waals surface area contributed by atoms with Gasteiger partial charge < -0.3 is 0 Å². The molecule has 2 heteroatoms. The largest absolute Gasteiger partial charge is 0.295 e. The molecular weight excluding hydrogens is 448 g/mol. The van der Waals surface area contributed by atoms with Crippen molar-refractivity contribution in [1.82, 2.24) is 4.57 Å². The maximum Gasteiger partial charge on any atom is 0.295 e. The van der Waals surface area contributed by atoms with Gasteiger partial charge in [0, 0.05) is 11.1 Å². The van der Waals surface area contributed by atoms with E-state index in [4.69, 9.17) is 0 Å². The predicted molar refractivity (Wildman–Crippen MR) is 158 cm³/mol. The summed E-state index contributed by atoms with van der Waals surface area (Å²) >= 11 is 0. The van der Waals surface area contributed by atoms with Gasteiger partial charge in [-0.2, -0.15) is 4.57 Å². The average molecular weight is 488 g/mol. The molecule has 0 saturated heterocycles. The van der Waals surface area contributed by atoms with Crippen LogP contribution in [-0.4, -0.2) is 4.57 Å². The molecule has 0 N–H and O–H groups in total. The zero-order valence-electron chi connectivity index (χ0n) is 22.3. The Morgan fingerprint density at radius 2 is 1.32 bits per heavy atom. The summed E-state index contributed by atoms with van der Waals surface area (Å²) in [6.45, 7) is 11.5. The Morgan fingerprint density at radius 1 is 0.703 bits per heavy atom. The van der Waals surface area contributed by atoms with Crippen molar-refractivity contribution in [2.24, 2.45) is 7.05 Å². The molecule has 0 unspecified atom stereocenters. The van der Waals surface area contributed by atoms with Crippen molar-refractivity contribution in [2.45, 2.75) is 60.3 Å². The van der Waals surface area contributed by atoms with E-state index in [-0.39, 0.29) is 7.43 Å². The lowest BCUT2D eigenvalue weighted by Gasteiger charge is -2.18. The monoisotopic (exact) mass is 487 g/mol. The summed E-state index contributed by atoms with van der Waals surface area (Å²) < 4.78 is 4.99. The molecule has 37 heavy (non-hydrogen) atoms. The van der Waals surface area contributed by atoms with E-state index in [1.165, 1.54) is 67.1 Å². The summed E-state index contributed by atoms with van der Waals surface area (Å²) in [7, 11) is 2.24. The SMILES string of the molecule is C.Cc1ccccc1-c1n(-c2c(C(C)C)cccc2C(C)C)c2cc3c(cc2[n+]1C)-c1ccccc1C3. The van der Waals surface area contributed by atoms with Crippen molar-refractivity contribution < 1.29 is 4.57 Å². The highest BCUT2D eigenvalue weighted by molar-refractivity contribution is 5.89. The Balaban J connectivity index is 0.00000280. The molecule has 0 bridgehead atoms. The Hall–Kier alpha value is -3.65. The Labute approximate surface area is 222 Å². The molecule has 1 aliphatic rings. The van der Waals surface area contributed by atoms with E-state index in [1.807, 2.05) is 0 Å². The van der Waals surface area contributed by atoms with Crippen molar-refractivity contribution in [2.75, 3.05) is 0 Å². The number of rotatable bonds is 4. The van der Waals surface area contributed by atoms with E-state index < -0.39 is 0 Å². The van der Waals surface area contributed by atoms with Gasteiger partial charge in [-0.25, -0.2) is 4.57 Å².